The van der Waals surface area contributed by atoms with Crippen LogP contribution >= 0.6 is 30.2 Å². The summed E-state index contributed by atoms with van der Waals surface area (Å²) in [5, 5.41) is 30.3. The smallest absolute Gasteiger partial charge is 0.356 e. The summed E-state index contributed by atoms with van der Waals surface area (Å²) in [7, 11) is -4.43. The Labute approximate surface area is 168 Å². The van der Waals surface area contributed by atoms with Gasteiger partial charge in [0.25, 0.3) is 0 Å². The van der Waals surface area contributed by atoms with Crippen molar-refractivity contribution in [3.8, 4) is 0 Å². The van der Waals surface area contributed by atoms with Gasteiger partial charge in [-0.05, 0) is 42.9 Å². The van der Waals surface area contributed by atoms with Crippen LogP contribution in [-0.2, 0) is 13.8 Å². The number of rotatable bonds is 6. The maximum Gasteiger partial charge on any atom is 0.356 e. The summed E-state index contributed by atoms with van der Waals surface area (Å²) >= 11 is 1.85. The fourth-order valence-electron chi connectivity index (χ4n) is 2.73. The summed E-state index contributed by atoms with van der Waals surface area (Å²) < 4.78 is 24.4. The largest absolute Gasteiger partial charge is 0.387 e. The van der Waals surface area contributed by atoms with E-state index in [1.165, 1.54) is 13.1 Å². The van der Waals surface area contributed by atoms with Gasteiger partial charge in [-0.2, -0.15) is 4.98 Å². The van der Waals surface area contributed by atoms with Crippen molar-refractivity contribution in [2.45, 2.75) is 63.2 Å². The third kappa shape index (κ3) is 4.37. The summed E-state index contributed by atoms with van der Waals surface area (Å²) in [4.78, 5) is 25.6. The number of aliphatic hydroxyl groups excluding tert-OH is 3. The van der Waals surface area contributed by atoms with Crippen LogP contribution in [0, 0.1) is 3.57 Å². The fraction of sp³-hybridized carbons (Fsp3) is 0.714. The van der Waals surface area contributed by atoms with E-state index >= 15 is 0 Å². The highest BCUT2D eigenvalue weighted by Gasteiger charge is 2.54. The molecule has 11 nitrogen and oxygen atoms in total. The molecule has 27 heavy (non-hydrogen) atoms. The fourth-order valence-corrected chi connectivity index (χ4v) is 4.13. The Morgan fingerprint density at radius 3 is 2.63 bits per heavy atom. The number of nitrogens with two attached hydrogens (primary N) is 1. The number of ether oxygens (including phenoxy) is 1. The second-order valence-corrected chi connectivity index (χ2v) is 9.77. The van der Waals surface area contributed by atoms with E-state index in [9.17, 15) is 29.6 Å². The van der Waals surface area contributed by atoms with Crippen molar-refractivity contribution in [3.05, 3.63) is 20.3 Å². The van der Waals surface area contributed by atoms with E-state index in [1.807, 2.05) is 22.6 Å². The molecule has 0 bridgehead atoms. The predicted molar refractivity (Wildman–Crippen MR) is 103 cm³/mol. The zero-order valence-electron chi connectivity index (χ0n) is 14.9. The van der Waals surface area contributed by atoms with Gasteiger partial charge in [-0.1, -0.05) is 6.92 Å². The minimum atomic E-state index is -4.43. The lowest BCUT2D eigenvalue weighted by Crippen LogP contribution is -2.48. The lowest BCUT2D eigenvalue weighted by Gasteiger charge is -2.37. The molecule has 1 saturated heterocycles. The molecule has 1 aliphatic rings. The molecule has 0 radical (unpaired) electrons. The predicted octanol–water partition coefficient (Wildman–Crippen LogP) is -0.242. The zero-order chi connectivity index (χ0) is 20.7. The molecule has 0 amide bonds. The van der Waals surface area contributed by atoms with Gasteiger partial charge in [0.2, 0.25) is 0 Å². The molecular weight excluding hydrogens is 496 g/mol. The van der Waals surface area contributed by atoms with E-state index in [2.05, 4.69) is 4.98 Å². The van der Waals surface area contributed by atoms with Gasteiger partial charge in [0.1, 0.15) is 29.7 Å². The highest BCUT2D eigenvalue weighted by molar-refractivity contribution is 14.1. The van der Waals surface area contributed by atoms with E-state index in [4.69, 9.17) is 15.0 Å². The van der Waals surface area contributed by atoms with Crippen LogP contribution in [0.5, 0.6) is 0 Å². The maximum absolute atomic E-state index is 12.1. The Morgan fingerprint density at radius 2 is 2.11 bits per heavy atom. The molecule has 0 aliphatic carbocycles. The number of anilines is 1. The molecule has 2 rings (SSSR count). The van der Waals surface area contributed by atoms with Crippen molar-refractivity contribution in [3.63, 3.8) is 0 Å². The van der Waals surface area contributed by atoms with E-state index in [-0.39, 0.29) is 12.2 Å². The Morgan fingerprint density at radius 1 is 1.52 bits per heavy atom. The van der Waals surface area contributed by atoms with Crippen molar-refractivity contribution in [2.24, 2.45) is 0 Å². The van der Waals surface area contributed by atoms with Gasteiger partial charge >= 0.3 is 13.3 Å². The molecule has 0 aromatic carbocycles. The van der Waals surface area contributed by atoms with Crippen LogP contribution in [-0.4, -0.2) is 59.5 Å². The third-order valence-electron chi connectivity index (χ3n) is 4.56. The first kappa shape index (κ1) is 22.7. The summed E-state index contributed by atoms with van der Waals surface area (Å²) in [5.74, 6) is -1.64. The Bertz CT molecular complexity index is 805. The number of hydrogen-bond acceptors (Lipinski definition) is 9. The SMILES string of the molecule is CCC(C)(OP(=O)(O)C(C)O)[C@H]1O[C@@H](n2cc(I)c(N)nc2=O)[C@H](O)[C@@H]1O. The lowest BCUT2D eigenvalue weighted by atomic mass is 9.91. The molecule has 1 aromatic heterocycles. The number of aromatic nitrogens is 2. The van der Waals surface area contributed by atoms with Crippen molar-refractivity contribution >= 4 is 36.0 Å². The first-order valence-electron chi connectivity index (χ1n) is 8.11. The molecule has 0 spiro atoms. The number of aliphatic hydroxyl groups is 3. The number of halogens is 1. The molecule has 0 saturated carbocycles. The number of nitrogens with zero attached hydrogens (tertiary/aromatic N) is 2. The van der Waals surface area contributed by atoms with Crippen LogP contribution in [0.15, 0.2) is 11.0 Å². The van der Waals surface area contributed by atoms with Gasteiger partial charge in [0.05, 0.1) is 3.57 Å². The van der Waals surface area contributed by atoms with Crippen molar-refractivity contribution in [2.75, 3.05) is 5.73 Å². The highest BCUT2D eigenvalue weighted by Crippen LogP contribution is 2.53. The van der Waals surface area contributed by atoms with E-state index in [0.29, 0.717) is 3.57 Å². The first-order chi connectivity index (χ1) is 12.3. The maximum atomic E-state index is 12.1. The standard InChI is InChI=1S/C14H23IN3O8P/c1-4-14(3,26-27(23,24)6(2)19)10-8(20)9(21)12(25-10)18-5-7(15)11(16)17-13(18)22/h5-6,8-10,12,19-21H,4H2,1-3H3,(H,23,24)(H2,16,17,22)/t6?,8-,9+,10-,12+,14?/m0/s1. The average molecular weight is 519 g/mol. The van der Waals surface area contributed by atoms with E-state index in [0.717, 1.165) is 11.5 Å². The monoisotopic (exact) mass is 519 g/mol. The van der Waals surface area contributed by atoms with Crippen LogP contribution in [0.3, 0.4) is 0 Å². The third-order valence-corrected chi connectivity index (χ3v) is 7.02. The van der Waals surface area contributed by atoms with Crippen molar-refractivity contribution in [1.82, 2.24) is 9.55 Å². The first-order valence-corrected chi connectivity index (χ1v) is 10.8. The number of nitrogen functional groups attached to an aromatic ring is 1. The highest BCUT2D eigenvalue weighted by atomic mass is 127. The molecule has 1 aromatic rings. The van der Waals surface area contributed by atoms with Crippen LogP contribution in [0.25, 0.3) is 0 Å². The van der Waals surface area contributed by atoms with Gasteiger partial charge < -0.3 is 30.7 Å². The van der Waals surface area contributed by atoms with E-state index in [1.54, 1.807) is 6.92 Å². The van der Waals surface area contributed by atoms with Crippen LogP contribution in [0.2, 0.25) is 0 Å². The Hall–Kier alpha value is -0.600. The topological polar surface area (TPSA) is 177 Å². The van der Waals surface area contributed by atoms with Gasteiger partial charge in [-0.3, -0.25) is 13.7 Å². The summed E-state index contributed by atoms with van der Waals surface area (Å²) in [6, 6.07) is 0. The van der Waals surface area contributed by atoms with E-state index < -0.39 is 49.3 Å². The van der Waals surface area contributed by atoms with Crippen LogP contribution in [0.1, 0.15) is 33.4 Å². The molecular formula is C14H23IN3O8P. The van der Waals surface area contributed by atoms with Gasteiger partial charge in [0, 0.05) is 6.20 Å². The molecule has 1 fully saturated rings. The minimum Gasteiger partial charge on any atom is -0.387 e. The summed E-state index contributed by atoms with van der Waals surface area (Å²) in [6.07, 6.45) is -4.20. The van der Waals surface area contributed by atoms with Crippen molar-refractivity contribution in [1.29, 1.82) is 0 Å². The van der Waals surface area contributed by atoms with Crippen molar-refractivity contribution < 1.29 is 34.0 Å². The van der Waals surface area contributed by atoms with Gasteiger partial charge in [0.15, 0.2) is 12.1 Å². The van der Waals surface area contributed by atoms with Crippen LogP contribution in [0.4, 0.5) is 5.82 Å². The molecule has 6 N–H and O–H groups in total. The van der Waals surface area contributed by atoms with Gasteiger partial charge in [-0.15, -0.1) is 0 Å². The molecule has 2 heterocycles. The molecule has 13 heteroatoms. The molecule has 154 valence electrons. The average Bonchev–Trinajstić information content (AvgIpc) is 2.86. The Kier molecular flexibility index (Phi) is 6.75. The second-order valence-electron chi connectivity index (χ2n) is 6.55. The summed E-state index contributed by atoms with van der Waals surface area (Å²) in [6.45, 7) is 4.13. The summed E-state index contributed by atoms with van der Waals surface area (Å²) in [5.41, 5.74) is 3.25. The molecule has 7 atom stereocenters. The molecule has 1 aliphatic heterocycles. The normalized spacial score (nSPS) is 31.3. The number of hydrogen-bond donors (Lipinski definition) is 5. The Balaban J connectivity index is 2.39. The quantitative estimate of drug-likeness (QED) is 0.249. The minimum absolute atomic E-state index is 0.0151. The van der Waals surface area contributed by atoms with Gasteiger partial charge in [-0.25, -0.2) is 4.79 Å². The molecule has 3 unspecified atom stereocenters. The lowest BCUT2D eigenvalue weighted by molar-refractivity contribution is -0.126. The second kappa shape index (κ2) is 8.03. The zero-order valence-corrected chi connectivity index (χ0v) is 17.9. The van der Waals surface area contributed by atoms with Crippen LogP contribution < -0.4 is 11.4 Å².